The average Bonchev–Trinajstić information content (AvgIpc) is 3.08. The first-order valence-electron chi connectivity index (χ1n) is 19.1. The van der Waals surface area contributed by atoms with Gasteiger partial charge in [0.15, 0.2) is 0 Å². The topological polar surface area (TPSA) is 209 Å². The fraction of sp³-hybridized carbons (Fsp3) is 0.838. The molecule has 2 rings (SSSR count). The zero-order valence-electron chi connectivity index (χ0n) is 32.0. The third-order valence-electron chi connectivity index (χ3n) is 10.1. The number of nitrogens with zero attached hydrogens (tertiary/aromatic N) is 1. The Kier molecular flexibility index (Phi) is 18.9. The summed E-state index contributed by atoms with van der Waals surface area (Å²) >= 11 is 0. The number of likely N-dealkylation sites (N-methyl/N-ethyl adjacent to an activating group) is 1. The first kappa shape index (κ1) is 43.9. The molecular formula is C37H66N6O8. The zero-order chi connectivity index (χ0) is 38.2. The summed E-state index contributed by atoms with van der Waals surface area (Å²) in [6.45, 7) is 10.3. The van der Waals surface area contributed by atoms with Crippen LogP contribution in [0.2, 0.25) is 0 Å². The first-order chi connectivity index (χ1) is 24.1. The van der Waals surface area contributed by atoms with Crippen LogP contribution in [0.5, 0.6) is 0 Å². The molecule has 0 aromatic heterocycles. The molecule has 7 N–H and O–H groups in total. The smallest absolute Gasteiger partial charge is 0.325 e. The van der Waals surface area contributed by atoms with Crippen molar-refractivity contribution >= 4 is 35.5 Å². The highest BCUT2D eigenvalue weighted by Gasteiger charge is 2.39. The number of aliphatic hydroxyl groups is 1. The summed E-state index contributed by atoms with van der Waals surface area (Å²) < 4.78 is 5.82. The van der Waals surface area contributed by atoms with Crippen molar-refractivity contribution < 1.29 is 38.6 Å². The second-order valence-corrected chi connectivity index (χ2v) is 15.4. The van der Waals surface area contributed by atoms with Gasteiger partial charge in [-0.1, -0.05) is 79.6 Å². The molecular weight excluding hydrogens is 656 g/mol. The molecule has 1 aliphatic heterocycles. The minimum atomic E-state index is -1.47. The van der Waals surface area contributed by atoms with Gasteiger partial charge in [0.1, 0.15) is 36.8 Å². The van der Waals surface area contributed by atoms with E-state index in [4.69, 9.17) is 10.5 Å². The standard InChI is InChI=1S/C37H66N6O8/c1-22(2)15-11-8-9-14-18-29-24(5)37(50)43(7)28(19-23(3)4)34(47)42-32(26-16-12-10-13-17-26)36(49)40-27(20-38)33(46)41-31(25(6)44)35(48)39-21-30(45)51-29/h22-29,31-32,44H,8-21,38H2,1-7H3,(H,39,48)(H,40,49)(H,41,46)(H,42,47)/t24-,25+,27+,28+,29-,31+,32+/m1/s1. The molecule has 0 bridgehead atoms. The molecule has 1 heterocycles. The number of esters is 1. The number of carbonyl (C=O) groups excluding carboxylic acids is 6. The van der Waals surface area contributed by atoms with Crippen LogP contribution >= 0.6 is 0 Å². The van der Waals surface area contributed by atoms with Crippen molar-refractivity contribution in [2.75, 3.05) is 20.1 Å². The molecule has 0 radical (unpaired) electrons. The number of cyclic esters (lactones) is 1. The fourth-order valence-electron chi connectivity index (χ4n) is 6.93. The van der Waals surface area contributed by atoms with E-state index in [1.807, 2.05) is 13.8 Å². The van der Waals surface area contributed by atoms with E-state index < -0.39 is 78.4 Å². The number of aliphatic hydroxyl groups excluding tert-OH is 1. The van der Waals surface area contributed by atoms with E-state index in [0.29, 0.717) is 38.0 Å². The highest BCUT2D eigenvalue weighted by molar-refractivity contribution is 5.96. The Bertz CT molecular complexity index is 1160. The Morgan fingerprint density at radius 2 is 1.47 bits per heavy atom. The number of amides is 5. The molecule has 1 saturated heterocycles. The van der Waals surface area contributed by atoms with E-state index in [2.05, 4.69) is 35.1 Å². The van der Waals surface area contributed by atoms with E-state index in [-0.39, 0.29) is 24.3 Å². The van der Waals surface area contributed by atoms with Crippen molar-refractivity contribution in [1.82, 2.24) is 26.2 Å². The number of hydrogen-bond acceptors (Lipinski definition) is 9. The van der Waals surface area contributed by atoms with Crippen molar-refractivity contribution in [1.29, 1.82) is 0 Å². The Morgan fingerprint density at radius 1 is 0.824 bits per heavy atom. The van der Waals surface area contributed by atoms with Crippen LogP contribution in [0, 0.1) is 23.7 Å². The number of rotatable bonds is 12. The van der Waals surface area contributed by atoms with Gasteiger partial charge in [-0.25, -0.2) is 0 Å². The lowest BCUT2D eigenvalue weighted by atomic mass is 9.83. The van der Waals surface area contributed by atoms with Crippen LogP contribution in [-0.2, 0) is 33.5 Å². The van der Waals surface area contributed by atoms with Gasteiger partial charge in [-0.15, -0.1) is 0 Å². The molecule has 0 aromatic rings. The van der Waals surface area contributed by atoms with E-state index in [1.54, 1.807) is 14.0 Å². The summed E-state index contributed by atoms with van der Waals surface area (Å²) in [6.07, 6.45) is 7.43. The summed E-state index contributed by atoms with van der Waals surface area (Å²) in [5.41, 5.74) is 5.89. The van der Waals surface area contributed by atoms with Crippen molar-refractivity contribution in [2.24, 2.45) is 29.4 Å². The van der Waals surface area contributed by atoms with Gasteiger partial charge in [0.25, 0.3) is 0 Å². The molecule has 14 nitrogen and oxygen atoms in total. The maximum absolute atomic E-state index is 14.1. The van der Waals surface area contributed by atoms with Gasteiger partial charge in [0.05, 0.1) is 12.0 Å². The number of carbonyl (C=O) groups is 6. The molecule has 1 aliphatic carbocycles. The summed E-state index contributed by atoms with van der Waals surface area (Å²) in [5, 5.41) is 20.8. The molecule has 2 fully saturated rings. The molecule has 0 aromatic carbocycles. The van der Waals surface area contributed by atoms with Crippen LogP contribution in [0.15, 0.2) is 0 Å². The Balaban J connectivity index is 2.51. The molecule has 14 heteroatoms. The van der Waals surface area contributed by atoms with E-state index >= 15 is 0 Å². The van der Waals surface area contributed by atoms with Gasteiger partial charge in [-0.2, -0.15) is 0 Å². The lowest BCUT2D eigenvalue weighted by molar-refractivity contribution is -0.157. The van der Waals surface area contributed by atoms with E-state index in [9.17, 15) is 33.9 Å². The first-order valence-corrected chi connectivity index (χ1v) is 19.1. The number of hydrogen-bond donors (Lipinski definition) is 6. The van der Waals surface area contributed by atoms with Crippen molar-refractivity contribution in [2.45, 2.75) is 155 Å². The van der Waals surface area contributed by atoms with Gasteiger partial charge < -0.3 is 41.7 Å². The highest BCUT2D eigenvalue weighted by atomic mass is 16.5. The quantitative estimate of drug-likeness (QED) is 0.128. The Morgan fingerprint density at radius 3 is 2.06 bits per heavy atom. The summed E-state index contributed by atoms with van der Waals surface area (Å²) in [4.78, 5) is 83.0. The molecule has 0 spiro atoms. The van der Waals surface area contributed by atoms with Crippen molar-refractivity contribution in [3.63, 3.8) is 0 Å². The van der Waals surface area contributed by atoms with Gasteiger partial charge in [0.2, 0.25) is 29.5 Å². The average molecular weight is 723 g/mol. The normalized spacial score (nSPS) is 27.9. The van der Waals surface area contributed by atoms with Crippen LogP contribution < -0.4 is 27.0 Å². The lowest BCUT2D eigenvalue weighted by Crippen LogP contribution is -2.62. The molecule has 1 saturated carbocycles. The van der Waals surface area contributed by atoms with Crippen LogP contribution in [0.3, 0.4) is 0 Å². The largest absolute Gasteiger partial charge is 0.460 e. The Hall–Kier alpha value is -3.26. The molecule has 5 amide bonds. The summed E-state index contributed by atoms with van der Waals surface area (Å²) in [7, 11) is 1.56. The fourth-order valence-corrected chi connectivity index (χ4v) is 6.93. The second kappa shape index (κ2) is 22.0. The maximum Gasteiger partial charge on any atom is 0.325 e. The summed E-state index contributed by atoms with van der Waals surface area (Å²) in [5.74, 6) is -4.33. The number of nitrogens with one attached hydrogen (secondary N) is 4. The van der Waals surface area contributed by atoms with Gasteiger partial charge >= 0.3 is 5.97 Å². The minimum absolute atomic E-state index is 0.0186. The van der Waals surface area contributed by atoms with Gasteiger partial charge in [-0.3, -0.25) is 28.8 Å². The lowest BCUT2D eigenvalue weighted by Gasteiger charge is -2.36. The Labute approximate surface area is 304 Å². The van der Waals surface area contributed by atoms with Crippen molar-refractivity contribution in [3.8, 4) is 0 Å². The third kappa shape index (κ3) is 14.4. The van der Waals surface area contributed by atoms with Gasteiger partial charge in [-0.05, 0) is 56.8 Å². The molecule has 51 heavy (non-hydrogen) atoms. The van der Waals surface area contributed by atoms with Crippen molar-refractivity contribution in [3.05, 3.63) is 0 Å². The molecule has 0 unspecified atom stereocenters. The highest BCUT2D eigenvalue weighted by Crippen LogP contribution is 2.28. The van der Waals surface area contributed by atoms with E-state index in [1.165, 1.54) is 11.8 Å². The number of ether oxygens (including phenoxy) is 1. The minimum Gasteiger partial charge on any atom is -0.460 e. The monoisotopic (exact) mass is 722 g/mol. The second-order valence-electron chi connectivity index (χ2n) is 15.4. The maximum atomic E-state index is 14.1. The SMILES string of the molecule is CC(C)CCCCCC[C@H]1OC(=O)CNC(=O)[C@H]([C@H](C)O)NC(=O)[C@H](CN)NC(=O)[C@H](C2CCCCC2)NC(=O)[C@H](CC(C)C)N(C)C(=O)[C@@H]1C. The predicted octanol–water partition coefficient (Wildman–Crippen LogP) is 1.91. The van der Waals surface area contributed by atoms with Crippen LogP contribution in [0.4, 0.5) is 0 Å². The molecule has 7 atom stereocenters. The molecule has 2 aliphatic rings. The van der Waals surface area contributed by atoms with Crippen LogP contribution in [-0.4, -0.2) is 102 Å². The van der Waals surface area contributed by atoms with Crippen LogP contribution in [0.25, 0.3) is 0 Å². The zero-order valence-corrected chi connectivity index (χ0v) is 32.0. The third-order valence-corrected chi connectivity index (χ3v) is 10.1. The van der Waals surface area contributed by atoms with Gasteiger partial charge in [0, 0.05) is 13.6 Å². The molecule has 292 valence electrons. The summed E-state index contributed by atoms with van der Waals surface area (Å²) in [6, 6.07) is -4.69. The number of unbranched alkanes of at least 4 members (excludes halogenated alkanes) is 3. The van der Waals surface area contributed by atoms with Crippen LogP contribution in [0.1, 0.15) is 119 Å². The predicted molar refractivity (Wildman–Crippen MR) is 194 cm³/mol. The van der Waals surface area contributed by atoms with E-state index in [0.717, 1.165) is 44.9 Å². The number of nitrogens with two attached hydrogens (primary N) is 1.